The summed E-state index contributed by atoms with van der Waals surface area (Å²) in [6.45, 7) is 5.26. The van der Waals surface area contributed by atoms with Crippen molar-refractivity contribution >= 4 is 11.8 Å². The van der Waals surface area contributed by atoms with Crippen molar-refractivity contribution in [2.75, 3.05) is 13.1 Å². The predicted octanol–water partition coefficient (Wildman–Crippen LogP) is 1.31. The highest BCUT2D eigenvalue weighted by Gasteiger charge is 2.27. The predicted molar refractivity (Wildman–Crippen MR) is 94.3 cm³/mol. The number of hydrogen-bond acceptors (Lipinski definition) is 5. The van der Waals surface area contributed by atoms with Crippen LogP contribution in [0.15, 0.2) is 16.9 Å². The average Bonchev–Trinajstić information content (AvgIpc) is 3.19. The Kier molecular flexibility index (Phi) is 5.39. The second kappa shape index (κ2) is 7.72. The number of aromatic nitrogens is 3. The van der Waals surface area contributed by atoms with Crippen LogP contribution in [0.5, 0.6) is 0 Å². The maximum Gasteiger partial charge on any atom is 0.237 e. The molecule has 2 amide bonds. The molecule has 2 aromatic rings. The molecule has 1 aliphatic rings. The number of likely N-dealkylation sites (tertiary alicyclic amines) is 1. The third-order valence-electron chi connectivity index (χ3n) is 4.98. The summed E-state index contributed by atoms with van der Waals surface area (Å²) in [6.07, 6.45) is 6.38. The summed E-state index contributed by atoms with van der Waals surface area (Å²) in [5.74, 6) is 1.46. The van der Waals surface area contributed by atoms with E-state index < -0.39 is 5.91 Å². The van der Waals surface area contributed by atoms with Gasteiger partial charge >= 0.3 is 0 Å². The third kappa shape index (κ3) is 3.95. The number of carbonyl (C=O) groups excluding carboxylic acids is 2. The van der Waals surface area contributed by atoms with E-state index in [9.17, 15) is 9.59 Å². The highest BCUT2D eigenvalue weighted by Crippen LogP contribution is 2.26. The standard InChI is InChI=1S/C18H25N5O3/c1-12-15(13(2)26-21-12)5-6-17(25)22-8-3-4-14(10-22)18-20-7-9-23(18)11-16(19)24/h7,9,14H,3-6,8,10-11H2,1-2H3,(H2,19,24). The first-order valence-electron chi connectivity index (χ1n) is 8.94. The van der Waals surface area contributed by atoms with Gasteiger partial charge in [-0.3, -0.25) is 9.59 Å². The number of nitrogens with two attached hydrogens (primary N) is 1. The molecule has 0 saturated carbocycles. The molecule has 26 heavy (non-hydrogen) atoms. The average molecular weight is 359 g/mol. The van der Waals surface area contributed by atoms with Gasteiger partial charge in [-0.2, -0.15) is 0 Å². The molecule has 2 aromatic heterocycles. The van der Waals surface area contributed by atoms with Gasteiger partial charge in [-0.05, 0) is 33.1 Å². The van der Waals surface area contributed by atoms with Crippen LogP contribution in [0.2, 0.25) is 0 Å². The van der Waals surface area contributed by atoms with Gasteiger partial charge < -0.3 is 19.7 Å². The van der Waals surface area contributed by atoms with Crippen molar-refractivity contribution in [2.45, 2.75) is 52.0 Å². The zero-order chi connectivity index (χ0) is 18.7. The zero-order valence-electron chi connectivity index (χ0n) is 15.3. The van der Waals surface area contributed by atoms with Gasteiger partial charge in [-0.25, -0.2) is 4.98 Å². The fourth-order valence-electron chi connectivity index (χ4n) is 3.65. The van der Waals surface area contributed by atoms with Crippen LogP contribution < -0.4 is 5.73 Å². The second-order valence-corrected chi connectivity index (χ2v) is 6.86. The second-order valence-electron chi connectivity index (χ2n) is 6.86. The summed E-state index contributed by atoms with van der Waals surface area (Å²) < 4.78 is 6.94. The minimum Gasteiger partial charge on any atom is -0.368 e. The van der Waals surface area contributed by atoms with Crippen molar-refractivity contribution in [2.24, 2.45) is 5.73 Å². The Hall–Kier alpha value is -2.64. The molecular weight excluding hydrogens is 334 g/mol. The van der Waals surface area contributed by atoms with Gasteiger partial charge in [-0.15, -0.1) is 0 Å². The van der Waals surface area contributed by atoms with Crippen molar-refractivity contribution < 1.29 is 14.1 Å². The molecule has 1 unspecified atom stereocenters. The van der Waals surface area contributed by atoms with Crippen LogP contribution in [-0.2, 0) is 22.6 Å². The Morgan fingerprint density at radius 2 is 2.19 bits per heavy atom. The first kappa shape index (κ1) is 18.2. The number of nitrogens with zero attached hydrogens (tertiary/aromatic N) is 4. The summed E-state index contributed by atoms with van der Waals surface area (Å²) >= 11 is 0. The lowest BCUT2D eigenvalue weighted by Crippen LogP contribution is -2.40. The fraction of sp³-hybridized carbons (Fsp3) is 0.556. The van der Waals surface area contributed by atoms with Crippen LogP contribution >= 0.6 is 0 Å². The molecule has 8 heteroatoms. The molecule has 0 bridgehead atoms. The van der Waals surface area contributed by atoms with E-state index in [1.165, 1.54) is 0 Å². The van der Waals surface area contributed by atoms with Crippen molar-refractivity contribution in [1.29, 1.82) is 0 Å². The number of imidazole rings is 1. The molecule has 8 nitrogen and oxygen atoms in total. The van der Waals surface area contributed by atoms with Gasteiger partial charge in [0.2, 0.25) is 11.8 Å². The molecule has 2 N–H and O–H groups in total. The summed E-state index contributed by atoms with van der Waals surface area (Å²) in [4.78, 5) is 30.2. The largest absolute Gasteiger partial charge is 0.368 e. The highest BCUT2D eigenvalue weighted by molar-refractivity contribution is 5.76. The van der Waals surface area contributed by atoms with Gasteiger partial charge in [0.25, 0.3) is 0 Å². The minimum absolute atomic E-state index is 0.117. The molecule has 0 aliphatic carbocycles. The zero-order valence-corrected chi connectivity index (χ0v) is 15.3. The van der Waals surface area contributed by atoms with E-state index in [-0.39, 0.29) is 18.4 Å². The van der Waals surface area contributed by atoms with Gasteiger partial charge in [0, 0.05) is 43.4 Å². The van der Waals surface area contributed by atoms with Gasteiger partial charge in [0.15, 0.2) is 0 Å². The molecule has 1 aliphatic heterocycles. The Morgan fingerprint density at radius 1 is 1.38 bits per heavy atom. The van der Waals surface area contributed by atoms with Crippen molar-refractivity contribution in [1.82, 2.24) is 19.6 Å². The lowest BCUT2D eigenvalue weighted by Gasteiger charge is -2.32. The topological polar surface area (TPSA) is 107 Å². The normalized spacial score (nSPS) is 17.5. The SMILES string of the molecule is Cc1noc(C)c1CCC(=O)N1CCCC(c2nccn2CC(N)=O)C1. The fourth-order valence-corrected chi connectivity index (χ4v) is 3.65. The van der Waals surface area contributed by atoms with Crippen LogP contribution in [0.3, 0.4) is 0 Å². The van der Waals surface area contributed by atoms with E-state index >= 15 is 0 Å². The molecule has 0 aromatic carbocycles. The summed E-state index contributed by atoms with van der Waals surface area (Å²) in [5, 5.41) is 3.94. The molecule has 140 valence electrons. The quantitative estimate of drug-likeness (QED) is 0.837. The van der Waals surface area contributed by atoms with Gasteiger partial charge in [-0.1, -0.05) is 5.16 Å². The van der Waals surface area contributed by atoms with Gasteiger partial charge in [0.1, 0.15) is 18.1 Å². The summed E-state index contributed by atoms with van der Waals surface area (Å²) in [5.41, 5.74) is 7.17. The van der Waals surface area contributed by atoms with Crippen molar-refractivity contribution in [3.05, 3.63) is 35.2 Å². The molecule has 1 saturated heterocycles. The molecule has 3 heterocycles. The van der Waals surface area contributed by atoms with E-state index in [4.69, 9.17) is 10.3 Å². The summed E-state index contributed by atoms with van der Waals surface area (Å²) in [6, 6.07) is 0. The van der Waals surface area contributed by atoms with Crippen LogP contribution in [-0.4, -0.2) is 44.5 Å². The van der Waals surface area contributed by atoms with Gasteiger partial charge in [0.05, 0.1) is 5.69 Å². The number of piperidine rings is 1. The lowest BCUT2D eigenvalue weighted by molar-refractivity contribution is -0.132. The molecule has 1 fully saturated rings. The summed E-state index contributed by atoms with van der Waals surface area (Å²) in [7, 11) is 0. The smallest absolute Gasteiger partial charge is 0.237 e. The van der Waals surface area contributed by atoms with E-state index in [1.54, 1.807) is 17.0 Å². The van der Waals surface area contributed by atoms with Crippen molar-refractivity contribution in [3.63, 3.8) is 0 Å². The Labute approximate surface area is 152 Å². The van der Waals surface area contributed by atoms with Crippen molar-refractivity contribution in [3.8, 4) is 0 Å². The minimum atomic E-state index is -0.396. The number of aryl methyl sites for hydroxylation is 2. The molecule has 0 radical (unpaired) electrons. The van der Waals surface area contributed by atoms with E-state index in [0.717, 1.165) is 42.2 Å². The van der Waals surface area contributed by atoms with E-state index in [0.29, 0.717) is 19.4 Å². The van der Waals surface area contributed by atoms with Crippen LogP contribution in [0, 0.1) is 13.8 Å². The first-order chi connectivity index (χ1) is 12.5. The lowest BCUT2D eigenvalue weighted by atomic mass is 9.96. The molecule has 0 spiro atoms. The third-order valence-corrected chi connectivity index (χ3v) is 4.98. The maximum absolute atomic E-state index is 12.7. The molecule has 3 rings (SSSR count). The number of hydrogen-bond donors (Lipinski definition) is 1. The first-order valence-corrected chi connectivity index (χ1v) is 8.94. The number of amides is 2. The Balaban J connectivity index is 1.62. The monoisotopic (exact) mass is 359 g/mol. The van der Waals surface area contributed by atoms with Crippen LogP contribution in [0.4, 0.5) is 0 Å². The molecule has 1 atom stereocenters. The Bertz CT molecular complexity index is 775. The highest BCUT2D eigenvalue weighted by atomic mass is 16.5. The van der Waals surface area contributed by atoms with Crippen LogP contribution in [0.1, 0.15) is 48.0 Å². The number of rotatable bonds is 6. The van der Waals surface area contributed by atoms with E-state index in [2.05, 4.69) is 10.1 Å². The number of primary amides is 1. The van der Waals surface area contributed by atoms with E-state index in [1.807, 2.05) is 18.7 Å². The molecular formula is C18H25N5O3. The van der Waals surface area contributed by atoms with Crippen LogP contribution in [0.25, 0.3) is 0 Å². The maximum atomic E-state index is 12.7. The number of carbonyl (C=O) groups is 2. The Morgan fingerprint density at radius 3 is 2.88 bits per heavy atom.